The third-order valence-electron chi connectivity index (χ3n) is 3.40. The van der Waals surface area contributed by atoms with E-state index in [9.17, 15) is 19.2 Å². The number of carbonyl (C=O) groups is 4. The van der Waals surface area contributed by atoms with E-state index >= 15 is 0 Å². The first-order valence-electron chi connectivity index (χ1n) is 9.80. The van der Waals surface area contributed by atoms with E-state index in [1.165, 1.54) is 14.2 Å². The van der Waals surface area contributed by atoms with E-state index in [-0.39, 0.29) is 39.8 Å². The van der Waals surface area contributed by atoms with Gasteiger partial charge in [-0.2, -0.15) is 0 Å². The van der Waals surface area contributed by atoms with Crippen LogP contribution in [-0.2, 0) is 57.4 Å². The SMILES string of the molecule is CCC(C)(CO)OC(=O)CC(=O)OCCOCOCCOC(=O)CC(=O)OC.COO.COO. The van der Waals surface area contributed by atoms with Gasteiger partial charge in [0.05, 0.1) is 41.2 Å². The fourth-order valence-corrected chi connectivity index (χ4v) is 1.54. The number of carbonyl (C=O) groups excluding carboxylic acids is 4. The molecule has 0 radical (unpaired) electrons. The average Bonchev–Trinajstić information content (AvgIpc) is 2.78. The van der Waals surface area contributed by atoms with Crippen LogP contribution in [0.15, 0.2) is 0 Å². The van der Waals surface area contributed by atoms with Crippen LogP contribution in [0.25, 0.3) is 0 Å². The van der Waals surface area contributed by atoms with Gasteiger partial charge in [-0.15, -0.1) is 0 Å². The Morgan fingerprint density at radius 3 is 1.50 bits per heavy atom. The van der Waals surface area contributed by atoms with Gasteiger partial charge in [0.1, 0.15) is 38.4 Å². The van der Waals surface area contributed by atoms with Gasteiger partial charge in [0.25, 0.3) is 0 Å². The van der Waals surface area contributed by atoms with Crippen LogP contribution in [0.1, 0.15) is 33.1 Å². The highest BCUT2D eigenvalue weighted by molar-refractivity contribution is 5.91. The molecule has 0 bridgehead atoms. The lowest BCUT2D eigenvalue weighted by Gasteiger charge is -2.25. The summed E-state index contributed by atoms with van der Waals surface area (Å²) < 4.78 is 28.9. The molecule has 34 heavy (non-hydrogen) atoms. The minimum atomic E-state index is -1.02. The van der Waals surface area contributed by atoms with Crippen molar-refractivity contribution < 1.29 is 73.0 Å². The van der Waals surface area contributed by atoms with E-state index in [0.717, 1.165) is 7.11 Å². The van der Waals surface area contributed by atoms with Crippen LogP contribution in [0, 0.1) is 0 Å². The Bertz CT molecular complexity index is 532. The second kappa shape index (κ2) is 25.2. The summed E-state index contributed by atoms with van der Waals surface area (Å²) in [4.78, 5) is 51.5. The zero-order chi connectivity index (χ0) is 26.8. The molecule has 0 aromatic carbocycles. The Kier molecular flexibility index (Phi) is 26.8. The van der Waals surface area contributed by atoms with Crippen LogP contribution in [-0.4, -0.2) is 106 Å². The van der Waals surface area contributed by atoms with Gasteiger partial charge in [0.2, 0.25) is 0 Å². The first-order chi connectivity index (χ1) is 16.1. The van der Waals surface area contributed by atoms with Crippen molar-refractivity contribution in [2.24, 2.45) is 0 Å². The minimum absolute atomic E-state index is 0.0340. The molecule has 0 saturated heterocycles. The van der Waals surface area contributed by atoms with Crippen molar-refractivity contribution in [1.29, 1.82) is 0 Å². The van der Waals surface area contributed by atoms with E-state index in [0.29, 0.717) is 6.42 Å². The van der Waals surface area contributed by atoms with Crippen LogP contribution in [0.3, 0.4) is 0 Å². The topological polar surface area (TPSA) is 203 Å². The second-order valence-electron chi connectivity index (χ2n) is 6.11. The van der Waals surface area contributed by atoms with Gasteiger partial charge in [0, 0.05) is 0 Å². The summed E-state index contributed by atoms with van der Waals surface area (Å²) in [5.74, 6) is -2.97. The summed E-state index contributed by atoms with van der Waals surface area (Å²) in [5, 5.41) is 23.3. The number of methoxy groups -OCH3 is 1. The van der Waals surface area contributed by atoms with Crippen LogP contribution in [0.2, 0.25) is 0 Å². The smallest absolute Gasteiger partial charge is 0.317 e. The number of rotatable bonds is 15. The normalized spacial score (nSPS) is 11.4. The number of hydrogen-bond donors (Lipinski definition) is 3. The Balaban J connectivity index is -0.00000143. The molecule has 15 heteroatoms. The maximum atomic E-state index is 11.6. The number of hydrogen-bond acceptors (Lipinski definition) is 15. The monoisotopic (exact) mass is 504 g/mol. The van der Waals surface area contributed by atoms with Crippen molar-refractivity contribution in [1.82, 2.24) is 0 Å². The summed E-state index contributed by atoms with van der Waals surface area (Å²) in [7, 11) is 3.53. The molecule has 202 valence electrons. The number of aliphatic hydroxyl groups is 1. The van der Waals surface area contributed by atoms with E-state index in [2.05, 4.69) is 14.5 Å². The maximum Gasteiger partial charge on any atom is 0.317 e. The Morgan fingerprint density at radius 2 is 1.15 bits per heavy atom. The molecule has 1 atom stereocenters. The lowest BCUT2D eigenvalue weighted by molar-refractivity contribution is -0.215. The van der Waals surface area contributed by atoms with Crippen molar-refractivity contribution in [3.8, 4) is 0 Å². The molecule has 3 N–H and O–H groups in total. The lowest BCUT2D eigenvalue weighted by Crippen LogP contribution is -2.35. The van der Waals surface area contributed by atoms with Gasteiger partial charge in [0.15, 0.2) is 0 Å². The van der Waals surface area contributed by atoms with Crippen molar-refractivity contribution in [2.45, 2.75) is 38.7 Å². The maximum absolute atomic E-state index is 11.6. The Morgan fingerprint density at radius 1 is 0.735 bits per heavy atom. The summed E-state index contributed by atoms with van der Waals surface area (Å²) in [5.41, 5.74) is -1.02. The molecule has 15 nitrogen and oxygen atoms in total. The molecule has 0 heterocycles. The molecule has 1 unspecified atom stereocenters. The molecule has 0 amide bonds. The van der Waals surface area contributed by atoms with Crippen molar-refractivity contribution in [2.75, 3.05) is 61.2 Å². The number of aliphatic hydroxyl groups excluding tert-OH is 1. The van der Waals surface area contributed by atoms with Gasteiger partial charge in [-0.3, -0.25) is 29.7 Å². The molecular weight excluding hydrogens is 468 g/mol. The third kappa shape index (κ3) is 25.9. The van der Waals surface area contributed by atoms with E-state index in [1.807, 2.05) is 0 Å². The quantitative estimate of drug-likeness (QED) is 0.0508. The van der Waals surface area contributed by atoms with Gasteiger partial charge in [-0.05, 0) is 13.3 Å². The number of ether oxygens (including phenoxy) is 6. The molecule has 0 spiro atoms. The third-order valence-corrected chi connectivity index (χ3v) is 3.40. The highest BCUT2D eigenvalue weighted by atomic mass is 17.1. The lowest BCUT2D eigenvalue weighted by atomic mass is 10.1. The van der Waals surface area contributed by atoms with E-state index in [1.54, 1.807) is 13.8 Å². The van der Waals surface area contributed by atoms with E-state index in [4.69, 9.17) is 39.3 Å². The Hall–Kier alpha value is -2.40. The van der Waals surface area contributed by atoms with Gasteiger partial charge >= 0.3 is 23.9 Å². The van der Waals surface area contributed by atoms with Crippen molar-refractivity contribution in [3.05, 3.63) is 0 Å². The summed E-state index contributed by atoms with van der Waals surface area (Å²) >= 11 is 0. The van der Waals surface area contributed by atoms with Crippen molar-refractivity contribution >= 4 is 23.9 Å². The van der Waals surface area contributed by atoms with Gasteiger partial charge in [-0.25, -0.2) is 9.78 Å². The predicted octanol–water partition coefficient (Wildman–Crippen LogP) is -0.0675. The zero-order valence-electron chi connectivity index (χ0n) is 20.1. The van der Waals surface area contributed by atoms with Gasteiger partial charge < -0.3 is 33.5 Å². The van der Waals surface area contributed by atoms with Crippen LogP contribution in [0.4, 0.5) is 0 Å². The first kappa shape index (κ1) is 36.2. The molecule has 0 aromatic heterocycles. The van der Waals surface area contributed by atoms with Crippen LogP contribution in [0.5, 0.6) is 0 Å². The predicted molar refractivity (Wildman–Crippen MR) is 111 cm³/mol. The highest BCUT2D eigenvalue weighted by Crippen LogP contribution is 2.15. The minimum Gasteiger partial charge on any atom is -0.469 e. The zero-order valence-corrected chi connectivity index (χ0v) is 20.1. The standard InChI is InChI=1S/C17H28O11.2CH4O2/c1-4-17(2,11-18)28-16(22)10-15(21)27-8-6-25-12-24-5-7-26-14(20)9-13(19)23-3;2*1-3-2/h18H,4-12H2,1-3H3;2*2H,1H3. The molecule has 0 aliphatic heterocycles. The fourth-order valence-electron chi connectivity index (χ4n) is 1.54. The summed E-state index contributed by atoms with van der Waals surface area (Å²) in [6, 6.07) is 0. The summed E-state index contributed by atoms with van der Waals surface area (Å²) in [6.45, 7) is 2.78. The molecule has 0 aliphatic rings. The van der Waals surface area contributed by atoms with Crippen molar-refractivity contribution in [3.63, 3.8) is 0 Å². The average molecular weight is 504 g/mol. The highest BCUT2D eigenvalue weighted by Gasteiger charge is 2.27. The van der Waals surface area contributed by atoms with Crippen LogP contribution >= 0.6 is 0 Å². The molecule has 0 aliphatic carbocycles. The second-order valence-corrected chi connectivity index (χ2v) is 6.11. The number of esters is 4. The largest absolute Gasteiger partial charge is 0.469 e. The fraction of sp³-hybridized carbons (Fsp3) is 0.789. The molecule has 0 aromatic rings. The van der Waals surface area contributed by atoms with Gasteiger partial charge in [-0.1, -0.05) is 6.92 Å². The Labute approximate surface area is 197 Å². The van der Waals surface area contributed by atoms with E-state index < -0.39 is 42.3 Å². The molecular formula is C19H36O15. The van der Waals surface area contributed by atoms with Crippen LogP contribution < -0.4 is 0 Å². The summed E-state index contributed by atoms with van der Waals surface area (Å²) in [6.07, 6.45) is -0.630. The molecule has 0 saturated carbocycles. The molecule has 0 fully saturated rings. The molecule has 0 rings (SSSR count). The first-order valence-corrected chi connectivity index (χ1v) is 9.80.